The number of carbonyl (C=O) groups is 2. The number of benzene rings is 2. The molecule has 2 amide bonds. The van der Waals surface area contributed by atoms with Gasteiger partial charge in [-0.2, -0.15) is 0 Å². The maximum atomic E-state index is 14.0. The van der Waals surface area contributed by atoms with Gasteiger partial charge in [0.2, 0.25) is 5.91 Å². The van der Waals surface area contributed by atoms with E-state index in [4.69, 9.17) is 11.6 Å². The van der Waals surface area contributed by atoms with Crippen LogP contribution in [0.1, 0.15) is 36.1 Å². The Hall–Kier alpha value is -2.69. The zero-order valence-electron chi connectivity index (χ0n) is 19.1. The van der Waals surface area contributed by atoms with Crippen LogP contribution in [0, 0.1) is 11.7 Å². The molecule has 0 spiro atoms. The fourth-order valence-electron chi connectivity index (χ4n) is 3.24. The maximum absolute atomic E-state index is 14.0. The zero-order chi connectivity index (χ0) is 25.5. The Morgan fingerprint density at radius 2 is 2.00 bits per heavy atom. The lowest BCUT2D eigenvalue weighted by molar-refractivity contribution is -0.113. The van der Waals surface area contributed by atoms with Gasteiger partial charge in [0.05, 0.1) is 28.1 Å². The lowest BCUT2D eigenvalue weighted by atomic mass is 10.0. The second-order valence-electron chi connectivity index (χ2n) is 7.88. The predicted octanol–water partition coefficient (Wildman–Crippen LogP) is 5.88. The van der Waals surface area contributed by atoms with Crippen molar-refractivity contribution in [1.29, 1.82) is 0 Å². The van der Waals surface area contributed by atoms with E-state index in [2.05, 4.69) is 43.3 Å². The lowest BCUT2D eigenvalue weighted by Crippen LogP contribution is -2.34. The molecule has 0 unspecified atom stereocenters. The van der Waals surface area contributed by atoms with Gasteiger partial charge >= 0.3 is 0 Å². The fraction of sp³-hybridized carbons (Fsp3) is 0.250. The molecule has 1 aromatic heterocycles. The molecule has 0 aliphatic carbocycles. The highest BCUT2D eigenvalue weighted by atomic mass is 79.9. The van der Waals surface area contributed by atoms with Gasteiger partial charge in [0, 0.05) is 11.0 Å². The van der Waals surface area contributed by atoms with Gasteiger partial charge in [-0.15, -0.1) is 16.8 Å². The number of hydrogen-bond donors (Lipinski definition) is 2. The van der Waals surface area contributed by atoms with E-state index in [-0.39, 0.29) is 23.3 Å². The first kappa shape index (κ1) is 26.9. The Bertz CT molecular complexity index is 1240. The van der Waals surface area contributed by atoms with Crippen molar-refractivity contribution in [2.45, 2.75) is 31.6 Å². The van der Waals surface area contributed by atoms with Crippen molar-refractivity contribution < 1.29 is 14.0 Å². The molecule has 0 saturated carbocycles. The first-order valence-electron chi connectivity index (χ1n) is 10.7. The average molecular weight is 581 g/mol. The molecule has 35 heavy (non-hydrogen) atoms. The summed E-state index contributed by atoms with van der Waals surface area (Å²) in [7, 11) is 0. The van der Waals surface area contributed by atoms with Crippen LogP contribution >= 0.6 is 39.3 Å². The quantitative estimate of drug-likeness (QED) is 0.231. The SMILES string of the molecule is C=CCn1c(SCC(=O)Nc2ccc(Br)cc2F)nnc1[C@@H](NC(=O)c1ccccc1Cl)C(C)C. The number of hydrogen-bond acceptors (Lipinski definition) is 5. The van der Waals surface area contributed by atoms with Gasteiger partial charge in [0.15, 0.2) is 11.0 Å². The van der Waals surface area contributed by atoms with E-state index in [9.17, 15) is 14.0 Å². The summed E-state index contributed by atoms with van der Waals surface area (Å²) in [5, 5.41) is 14.9. The van der Waals surface area contributed by atoms with Crippen molar-refractivity contribution in [2.75, 3.05) is 11.1 Å². The Morgan fingerprint density at radius 1 is 1.26 bits per heavy atom. The molecule has 0 aliphatic rings. The third-order valence-electron chi connectivity index (χ3n) is 4.94. The minimum atomic E-state index is -0.538. The van der Waals surface area contributed by atoms with Gasteiger partial charge in [-0.05, 0) is 36.2 Å². The Morgan fingerprint density at radius 3 is 2.66 bits per heavy atom. The smallest absolute Gasteiger partial charge is 0.253 e. The summed E-state index contributed by atoms with van der Waals surface area (Å²) in [4.78, 5) is 25.3. The van der Waals surface area contributed by atoms with E-state index in [1.165, 1.54) is 12.1 Å². The summed E-state index contributed by atoms with van der Waals surface area (Å²) in [6, 6.07) is 10.7. The van der Waals surface area contributed by atoms with Gasteiger partial charge < -0.3 is 15.2 Å². The van der Waals surface area contributed by atoms with Crippen LogP contribution in [0.15, 0.2) is 64.7 Å². The van der Waals surface area contributed by atoms with Crippen LogP contribution in [-0.2, 0) is 11.3 Å². The number of nitrogens with zero attached hydrogens (tertiary/aromatic N) is 3. The van der Waals surface area contributed by atoms with Crippen molar-refractivity contribution in [2.24, 2.45) is 5.92 Å². The van der Waals surface area contributed by atoms with Gasteiger partial charge in [-0.1, -0.05) is 71.3 Å². The number of allylic oxidation sites excluding steroid dienone is 1. The van der Waals surface area contributed by atoms with E-state index < -0.39 is 17.8 Å². The van der Waals surface area contributed by atoms with Crippen LogP contribution in [0.2, 0.25) is 5.02 Å². The number of amides is 2. The highest BCUT2D eigenvalue weighted by Crippen LogP contribution is 2.27. The fourth-order valence-corrected chi connectivity index (χ4v) is 4.55. The Labute approximate surface area is 220 Å². The van der Waals surface area contributed by atoms with Crippen molar-refractivity contribution in [3.63, 3.8) is 0 Å². The van der Waals surface area contributed by atoms with E-state index >= 15 is 0 Å². The molecule has 184 valence electrons. The largest absolute Gasteiger partial charge is 0.342 e. The molecule has 1 atom stereocenters. The number of halogens is 3. The number of aromatic nitrogens is 3. The minimum Gasteiger partial charge on any atom is -0.342 e. The molecular formula is C24H24BrClFN5O2S. The standard InChI is InChI=1S/C24H24BrClFN5O2S/c1-4-11-32-22(21(14(2)3)29-23(34)16-7-5-6-8-17(16)26)30-31-24(32)35-13-20(33)28-19-10-9-15(25)12-18(19)27/h4-10,12,14,21H,1,11,13H2,2-3H3,(H,28,33)(H,29,34)/t21-/m0/s1. The molecule has 2 N–H and O–H groups in total. The van der Waals surface area contributed by atoms with E-state index in [1.807, 2.05) is 13.8 Å². The molecule has 0 saturated heterocycles. The average Bonchev–Trinajstić information content (AvgIpc) is 3.20. The molecule has 0 fully saturated rings. The number of anilines is 1. The number of carbonyl (C=O) groups excluding carboxylic acids is 2. The summed E-state index contributed by atoms with van der Waals surface area (Å²) in [5.41, 5.74) is 0.454. The minimum absolute atomic E-state index is 0.0108. The van der Waals surface area contributed by atoms with Crippen LogP contribution in [0.3, 0.4) is 0 Å². The van der Waals surface area contributed by atoms with Crippen molar-refractivity contribution in [3.05, 3.63) is 81.8 Å². The van der Waals surface area contributed by atoms with Crippen molar-refractivity contribution in [1.82, 2.24) is 20.1 Å². The first-order chi connectivity index (χ1) is 16.7. The molecule has 0 aliphatic heterocycles. The second-order valence-corrected chi connectivity index (χ2v) is 10.1. The Balaban J connectivity index is 1.76. The van der Waals surface area contributed by atoms with Gasteiger partial charge in [-0.3, -0.25) is 9.59 Å². The number of rotatable bonds is 10. The number of thioether (sulfide) groups is 1. The van der Waals surface area contributed by atoms with Gasteiger partial charge in [0.25, 0.3) is 5.91 Å². The summed E-state index contributed by atoms with van der Waals surface area (Å²) in [6.07, 6.45) is 1.68. The summed E-state index contributed by atoms with van der Waals surface area (Å²) < 4.78 is 16.4. The maximum Gasteiger partial charge on any atom is 0.253 e. The van der Waals surface area contributed by atoms with Gasteiger partial charge in [0.1, 0.15) is 5.82 Å². The van der Waals surface area contributed by atoms with E-state index in [1.54, 1.807) is 41.0 Å². The molecule has 0 radical (unpaired) electrons. The summed E-state index contributed by atoms with van der Waals surface area (Å²) in [5.74, 6) is -0.754. The summed E-state index contributed by atoms with van der Waals surface area (Å²) >= 11 is 10.5. The monoisotopic (exact) mass is 579 g/mol. The number of nitrogens with one attached hydrogen (secondary N) is 2. The first-order valence-corrected chi connectivity index (χ1v) is 12.8. The van der Waals surface area contributed by atoms with Crippen LogP contribution in [-0.4, -0.2) is 32.3 Å². The third kappa shape index (κ3) is 6.93. The zero-order valence-corrected chi connectivity index (χ0v) is 22.3. The molecule has 2 aromatic carbocycles. The van der Waals surface area contributed by atoms with Crippen LogP contribution in [0.4, 0.5) is 10.1 Å². The van der Waals surface area contributed by atoms with E-state index in [0.717, 1.165) is 11.8 Å². The molecular weight excluding hydrogens is 557 g/mol. The molecule has 1 heterocycles. The predicted molar refractivity (Wildman–Crippen MR) is 140 cm³/mol. The Kier molecular flexibility index (Phi) is 9.47. The van der Waals surface area contributed by atoms with Crippen LogP contribution < -0.4 is 10.6 Å². The topological polar surface area (TPSA) is 88.9 Å². The molecule has 3 aromatic rings. The molecule has 11 heteroatoms. The van der Waals surface area contributed by atoms with Gasteiger partial charge in [-0.25, -0.2) is 4.39 Å². The third-order valence-corrected chi connectivity index (χ3v) is 6.73. The van der Waals surface area contributed by atoms with Crippen molar-refractivity contribution >= 4 is 56.8 Å². The molecule has 3 rings (SSSR count). The summed E-state index contributed by atoms with van der Waals surface area (Å²) in [6.45, 7) is 8.08. The van der Waals surface area contributed by atoms with E-state index in [0.29, 0.717) is 32.6 Å². The van der Waals surface area contributed by atoms with Crippen LogP contribution in [0.25, 0.3) is 0 Å². The van der Waals surface area contributed by atoms with Crippen LogP contribution in [0.5, 0.6) is 0 Å². The highest BCUT2D eigenvalue weighted by Gasteiger charge is 2.27. The highest BCUT2D eigenvalue weighted by molar-refractivity contribution is 9.10. The van der Waals surface area contributed by atoms with Crippen molar-refractivity contribution in [3.8, 4) is 0 Å². The molecule has 7 nitrogen and oxygen atoms in total. The second kappa shape index (κ2) is 12.3. The normalized spacial score (nSPS) is 11.8. The molecule has 0 bridgehead atoms. The lowest BCUT2D eigenvalue weighted by Gasteiger charge is -2.23.